The Bertz CT molecular complexity index is 818. The van der Waals surface area contributed by atoms with E-state index in [2.05, 4.69) is 0 Å². The van der Waals surface area contributed by atoms with Crippen molar-refractivity contribution in [2.75, 3.05) is 0 Å². The molecule has 0 aliphatic heterocycles. The first kappa shape index (κ1) is 16.8. The summed E-state index contributed by atoms with van der Waals surface area (Å²) in [4.78, 5) is 34.6. The largest absolute Gasteiger partial charge is 0.362 e. The number of nitrogens with two attached hydrogens (primary N) is 1. The van der Waals surface area contributed by atoms with Crippen LogP contribution in [-0.2, 0) is 5.54 Å². The van der Waals surface area contributed by atoms with E-state index in [0.29, 0.717) is 6.42 Å². The topological polar surface area (TPSA) is 155 Å². The van der Waals surface area contributed by atoms with Crippen molar-refractivity contribution in [3.8, 4) is 0 Å². The highest BCUT2D eigenvalue weighted by atomic mass is 16.7. The van der Waals surface area contributed by atoms with Crippen molar-refractivity contribution in [1.29, 1.82) is 0 Å². The first-order chi connectivity index (χ1) is 12.2. The van der Waals surface area contributed by atoms with E-state index in [1.54, 1.807) is 18.2 Å². The summed E-state index contributed by atoms with van der Waals surface area (Å²) in [6.45, 7) is 0. The van der Waals surface area contributed by atoms with E-state index in [9.17, 15) is 30.3 Å². The minimum Gasteiger partial charge on any atom is -0.319 e. The third kappa shape index (κ3) is 1.61. The van der Waals surface area contributed by atoms with Gasteiger partial charge in [-0.1, -0.05) is 30.3 Å². The molecule has 5 rings (SSSR count). The van der Waals surface area contributed by atoms with Crippen molar-refractivity contribution in [3.05, 3.63) is 66.2 Å². The normalized spacial score (nSPS) is 43.2. The molecule has 4 aliphatic carbocycles. The average molecular weight is 362 g/mol. The van der Waals surface area contributed by atoms with Gasteiger partial charge in [-0.15, -0.1) is 0 Å². The van der Waals surface area contributed by atoms with E-state index >= 15 is 0 Å². The summed E-state index contributed by atoms with van der Waals surface area (Å²) in [5.41, 5.74) is 0.433. The number of hydrogen-bond donors (Lipinski definition) is 1. The highest BCUT2D eigenvalue weighted by Gasteiger charge is 2.92. The summed E-state index contributed by atoms with van der Waals surface area (Å²) < 4.78 is 0. The van der Waals surface area contributed by atoms with Crippen LogP contribution in [0.1, 0.15) is 31.2 Å². The second-order valence-corrected chi connectivity index (χ2v) is 7.88. The molecule has 0 spiro atoms. The molecule has 1 aromatic rings. The van der Waals surface area contributed by atoms with Gasteiger partial charge in [-0.05, 0) is 25.2 Å². The van der Waals surface area contributed by atoms with Crippen LogP contribution in [0.25, 0.3) is 0 Å². The minimum atomic E-state index is -2.36. The molecule has 0 aromatic heterocycles. The summed E-state index contributed by atoms with van der Waals surface area (Å²) >= 11 is 0. The molecule has 0 saturated heterocycles. The number of benzene rings is 1. The Morgan fingerprint density at radius 3 is 2.15 bits per heavy atom. The fourth-order valence-corrected chi connectivity index (χ4v) is 6.42. The lowest BCUT2D eigenvalue weighted by molar-refractivity contribution is -0.760. The lowest BCUT2D eigenvalue weighted by Gasteiger charge is -2.61. The number of nitrogens with zero attached hydrogens (tertiary/aromatic N) is 3. The van der Waals surface area contributed by atoms with Crippen molar-refractivity contribution in [2.45, 2.75) is 48.3 Å². The Labute approximate surface area is 147 Å². The van der Waals surface area contributed by atoms with Crippen molar-refractivity contribution in [2.24, 2.45) is 17.6 Å². The monoisotopic (exact) mass is 362 g/mol. The molecule has 10 heteroatoms. The molecule has 10 nitrogen and oxygen atoms in total. The molecule has 138 valence electrons. The van der Waals surface area contributed by atoms with Gasteiger partial charge >= 0.3 is 11.1 Å². The van der Waals surface area contributed by atoms with Gasteiger partial charge in [0.05, 0.1) is 5.54 Å². The van der Waals surface area contributed by atoms with Gasteiger partial charge in [0.2, 0.25) is 0 Å². The molecule has 0 heterocycles. The van der Waals surface area contributed by atoms with Crippen molar-refractivity contribution in [3.63, 3.8) is 0 Å². The maximum Gasteiger partial charge on any atom is 0.362 e. The van der Waals surface area contributed by atoms with Crippen LogP contribution < -0.4 is 5.73 Å². The molecule has 6 unspecified atom stereocenters. The van der Waals surface area contributed by atoms with Crippen LogP contribution >= 0.6 is 0 Å². The van der Waals surface area contributed by atoms with E-state index < -0.39 is 43.3 Å². The Balaban J connectivity index is 2.12. The van der Waals surface area contributed by atoms with Gasteiger partial charge in [0.25, 0.3) is 6.04 Å². The van der Waals surface area contributed by atoms with Gasteiger partial charge in [0.1, 0.15) is 0 Å². The van der Waals surface area contributed by atoms with Crippen molar-refractivity contribution < 1.29 is 14.8 Å². The lowest BCUT2D eigenvalue weighted by Crippen LogP contribution is -2.87. The quantitative estimate of drug-likeness (QED) is 0.626. The van der Waals surface area contributed by atoms with E-state index in [0.717, 1.165) is 0 Å². The van der Waals surface area contributed by atoms with Crippen LogP contribution in [0.15, 0.2) is 30.3 Å². The fraction of sp³-hybridized carbons (Fsp3) is 0.625. The molecule has 4 aliphatic rings. The third-order valence-corrected chi connectivity index (χ3v) is 6.82. The third-order valence-electron chi connectivity index (χ3n) is 6.82. The predicted molar refractivity (Wildman–Crippen MR) is 88.0 cm³/mol. The van der Waals surface area contributed by atoms with E-state index in [1.165, 1.54) is 12.1 Å². The highest BCUT2D eigenvalue weighted by molar-refractivity contribution is 5.39. The van der Waals surface area contributed by atoms with Crippen LogP contribution in [0, 0.1) is 42.2 Å². The Morgan fingerprint density at radius 2 is 1.62 bits per heavy atom. The maximum atomic E-state index is 12.5. The first-order valence-electron chi connectivity index (χ1n) is 8.47. The summed E-state index contributed by atoms with van der Waals surface area (Å²) in [6.07, 6.45) is 0.569. The zero-order valence-electron chi connectivity index (χ0n) is 13.8. The number of rotatable bonds is 4. The fourth-order valence-electron chi connectivity index (χ4n) is 6.42. The van der Waals surface area contributed by atoms with Gasteiger partial charge in [0.15, 0.2) is 0 Å². The number of nitro groups is 3. The van der Waals surface area contributed by atoms with E-state index in [4.69, 9.17) is 5.73 Å². The van der Waals surface area contributed by atoms with Gasteiger partial charge in [-0.2, -0.15) is 0 Å². The first-order valence-corrected chi connectivity index (χ1v) is 8.47. The van der Waals surface area contributed by atoms with Crippen LogP contribution in [0.4, 0.5) is 0 Å². The standard InChI is InChI=1S/C16H18N4O6/c17-14-7-10-6-11(9-14)13(18(21)22)15(8-10,19(23)24)16(14,20(25)26)12-4-2-1-3-5-12/h1-5,10-11,13H,6-9,17H2. The summed E-state index contributed by atoms with van der Waals surface area (Å²) in [5, 5.41) is 36.7. The SMILES string of the molecule is NC12CC3CC(C1)C([N+](=O)[O-])C([N+](=O)[O-])(C3)C2(c1ccccc1)[N+](=O)[O-]. The zero-order chi connectivity index (χ0) is 18.9. The smallest absolute Gasteiger partial charge is 0.319 e. The van der Waals surface area contributed by atoms with Gasteiger partial charge in [0, 0.05) is 32.7 Å². The molecule has 0 amide bonds. The Morgan fingerprint density at radius 1 is 0.962 bits per heavy atom. The summed E-state index contributed by atoms with van der Waals surface area (Å²) in [6, 6.07) is 5.97. The molecule has 26 heavy (non-hydrogen) atoms. The molecule has 2 N–H and O–H groups in total. The summed E-state index contributed by atoms with van der Waals surface area (Å²) in [5.74, 6) is -0.832. The van der Waals surface area contributed by atoms with E-state index in [-0.39, 0.29) is 30.7 Å². The lowest BCUT2D eigenvalue weighted by atomic mass is 9.39. The maximum absolute atomic E-state index is 12.5. The van der Waals surface area contributed by atoms with E-state index in [1.807, 2.05) is 0 Å². The average Bonchev–Trinajstić information content (AvgIpc) is 2.53. The molecule has 4 saturated carbocycles. The zero-order valence-corrected chi connectivity index (χ0v) is 13.8. The second-order valence-electron chi connectivity index (χ2n) is 7.88. The van der Waals surface area contributed by atoms with Crippen LogP contribution in [0.2, 0.25) is 0 Å². The molecule has 4 bridgehead atoms. The molecule has 0 radical (unpaired) electrons. The van der Waals surface area contributed by atoms with Crippen LogP contribution in [0.3, 0.4) is 0 Å². The Hall–Kier alpha value is -2.62. The van der Waals surface area contributed by atoms with Crippen molar-refractivity contribution >= 4 is 0 Å². The Kier molecular flexibility index (Phi) is 3.22. The van der Waals surface area contributed by atoms with Crippen LogP contribution in [-0.4, -0.2) is 31.9 Å². The molecular formula is C16H18N4O6. The highest BCUT2D eigenvalue weighted by Crippen LogP contribution is 2.67. The van der Waals surface area contributed by atoms with Gasteiger partial charge in [-0.25, -0.2) is 0 Å². The molecule has 1 aromatic carbocycles. The van der Waals surface area contributed by atoms with Crippen molar-refractivity contribution in [1.82, 2.24) is 0 Å². The minimum absolute atomic E-state index is 0.0423. The predicted octanol–water partition coefficient (Wildman–Crippen LogP) is 1.35. The summed E-state index contributed by atoms with van der Waals surface area (Å²) in [7, 11) is 0. The van der Waals surface area contributed by atoms with Gasteiger partial charge < -0.3 is 5.73 Å². The molecular weight excluding hydrogens is 344 g/mol. The van der Waals surface area contributed by atoms with Crippen LogP contribution in [0.5, 0.6) is 0 Å². The molecule has 4 fully saturated rings. The second kappa shape index (κ2) is 4.97. The molecule has 6 atom stereocenters. The number of hydrogen-bond acceptors (Lipinski definition) is 7. The van der Waals surface area contributed by atoms with Gasteiger partial charge in [-0.3, -0.25) is 30.3 Å².